The Kier molecular flexibility index (Phi) is 1.95. The van der Waals surface area contributed by atoms with E-state index in [2.05, 4.69) is 15.3 Å². The van der Waals surface area contributed by atoms with Crippen LogP contribution in [-0.4, -0.2) is 28.1 Å². The minimum Gasteiger partial charge on any atom is -0.474 e. The highest BCUT2D eigenvalue weighted by molar-refractivity contribution is 6.02. The molecule has 1 aromatic heterocycles. The maximum Gasteiger partial charge on any atom is 0.212 e. The van der Waals surface area contributed by atoms with E-state index < -0.39 is 12.4 Å². The Morgan fingerprint density at radius 1 is 1.62 bits per heavy atom. The van der Waals surface area contributed by atoms with Crippen LogP contribution in [0.2, 0.25) is 0 Å². The molecule has 84 valence electrons. The van der Waals surface area contributed by atoms with Gasteiger partial charge in [-0.1, -0.05) is 0 Å². The number of hydrogen-bond acceptors (Lipinski definition) is 4. The Hall–Kier alpha value is -1.85. The van der Waals surface area contributed by atoms with Crippen molar-refractivity contribution in [3.63, 3.8) is 0 Å². The molecule has 0 aliphatic carbocycles. The quantitative estimate of drug-likeness (QED) is 0.782. The van der Waals surface area contributed by atoms with Gasteiger partial charge < -0.3 is 10.1 Å². The van der Waals surface area contributed by atoms with Crippen molar-refractivity contribution in [2.75, 3.05) is 12.0 Å². The van der Waals surface area contributed by atoms with E-state index >= 15 is 0 Å². The molecule has 2 aliphatic rings. The van der Waals surface area contributed by atoms with Crippen molar-refractivity contribution in [1.29, 1.82) is 0 Å². The molecule has 3 rings (SSSR count). The fraction of sp³-hybridized carbons (Fsp3) is 0.400. The average molecular weight is 222 g/mol. The number of halogens is 1. The first-order chi connectivity index (χ1) is 7.77. The van der Waals surface area contributed by atoms with Gasteiger partial charge in [0.15, 0.2) is 6.17 Å². The molecule has 5 nitrogen and oxygen atoms in total. The monoisotopic (exact) mass is 222 g/mol. The van der Waals surface area contributed by atoms with Crippen LogP contribution in [0.1, 0.15) is 18.8 Å². The third-order valence-corrected chi connectivity index (χ3v) is 2.73. The normalized spacial score (nSPS) is 27.0. The SMILES string of the molecule is CC1=NCNc2c1ncn2C1OC=C[C@@H]1F. The van der Waals surface area contributed by atoms with Crippen LogP contribution < -0.4 is 5.32 Å². The van der Waals surface area contributed by atoms with Crippen LogP contribution in [-0.2, 0) is 4.74 Å². The van der Waals surface area contributed by atoms with Gasteiger partial charge in [-0.2, -0.15) is 0 Å². The summed E-state index contributed by atoms with van der Waals surface area (Å²) < 4.78 is 20.4. The van der Waals surface area contributed by atoms with Gasteiger partial charge in [-0.15, -0.1) is 0 Å². The van der Waals surface area contributed by atoms with Gasteiger partial charge in [0.1, 0.15) is 24.5 Å². The molecule has 0 saturated carbocycles. The van der Waals surface area contributed by atoms with Crippen molar-refractivity contribution in [2.24, 2.45) is 4.99 Å². The van der Waals surface area contributed by atoms with Crippen molar-refractivity contribution < 1.29 is 9.13 Å². The number of nitrogens with one attached hydrogen (secondary N) is 1. The van der Waals surface area contributed by atoms with Crippen molar-refractivity contribution in [3.05, 3.63) is 24.4 Å². The number of anilines is 1. The van der Waals surface area contributed by atoms with E-state index in [0.29, 0.717) is 6.67 Å². The number of nitrogens with zero attached hydrogens (tertiary/aromatic N) is 3. The molecule has 6 heteroatoms. The summed E-state index contributed by atoms with van der Waals surface area (Å²) in [5.41, 5.74) is 1.61. The summed E-state index contributed by atoms with van der Waals surface area (Å²) in [7, 11) is 0. The second-order valence-electron chi connectivity index (χ2n) is 3.73. The number of rotatable bonds is 1. The molecule has 0 fully saturated rings. The summed E-state index contributed by atoms with van der Waals surface area (Å²) in [4.78, 5) is 8.42. The molecule has 2 aliphatic heterocycles. The third-order valence-electron chi connectivity index (χ3n) is 2.73. The van der Waals surface area contributed by atoms with Crippen molar-refractivity contribution >= 4 is 11.5 Å². The summed E-state index contributed by atoms with van der Waals surface area (Å²) in [6, 6.07) is 0. The Bertz CT molecular complexity index is 479. The fourth-order valence-electron chi connectivity index (χ4n) is 1.89. The molecule has 0 bridgehead atoms. The second-order valence-corrected chi connectivity index (χ2v) is 3.73. The zero-order chi connectivity index (χ0) is 11.1. The predicted octanol–water partition coefficient (Wildman–Crippen LogP) is 1.46. The highest BCUT2D eigenvalue weighted by Gasteiger charge is 2.30. The number of aromatic nitrogens is 2. The minimum atomic E-state index is -1.14. The number of ether oxygens (including phenoxy) is 1. The molecule has 1 aromatic rings. The van der Waals surface area contributed by atoms with Gasteiger partial charge in [0.05, 0.1) is 12.0 Å². The van der Waals surface area contributed by atoms with Gasteiger partial charge in [0.2, 0.25) is 6.23 Å². The molecule has 1 N–H and O–H groups in total. The summed E-state index contributed by atoms with van der Waals surface area (Å²) in [5.74, 6) is 0.767. The van der Waals surface area contributed by atoms with E-state index in [1.165, 1.54) is 12.3 Å². The zero-order valence-corrected chi connectivity index (χ0v) is 8.72. The lowest BCUT2D eigenvalue weighted by molar-refractivity contribution is 0.0526. The van der Waals surface area contributed by atoms with Gasteiger partial charge in [-0.05, 0) is 13.0 Å². The summed E-state index contributed by atoms with van der Waals surface area (Å²) in [6.45, 7) is 2.37. The summed E-state index contributed by atoms with van der Waals surface area (Å²) in [5, 5.41) is 3.08. The highest BCUT2D eigenvalue weighted by Crippen LogP contribution is 2.30. The second kappa shape index (κ2) is 3.33. The molecule has 0 radical (unpaired) electrons. The Morgan fingerprint density at radius 2 is 2.50 bits per heavy atom. The predicted molar refractivity (Wildman–Crippen MR) is 57.1 cm³/mol. The van der Waals surface area contributed by atoms with E-state index in [1.807, 2.05) is 6.92 Å². The van der Waals surface area contributed by atoms with Gasteiger partial charge in [0.25, 0.3) is 0 Å². The smallest absolute Gasteiger partial charge is 0.212 e. The van der Waals surface area contributed by atoms with E-state index in [0.717, 1.165) is 17.2 Å². The highest BCUT2D eigenvalue weighted by atomic mass is 19.1. The first kappa shape index (κ1) is 9.38. The van der Waals surface area contributed by atoms with E-state index in [-0.39, 0.29) is 0 Å². The molecule has 2 atom stereocenters. The largest absolute Gasteiger partial charge is 0.474 e. The summed E-state index contributed by atoms with van der Waals surface area (Å²) in [6.07, 6.45) is 2.55. The van der Waals surface area contributed by atoms with E-state index in [9.17, 15) is 4.39 Å². The number of fused-ring (bicyclic) bond motifs is 1. The van der Waals surface area contributed by atoms with Crippen molar-refractivity contribution in [3.8, 4) is 0 Å². The maximum absolute atomic E-state index is 13.5. The Labute approximate surface area is 91.6 Å². The van der Waals surface area contributed by atoms with Crippen LogP contribution in [0.3, 0.4) is 0 Å². The topological polar surface area (TPSA) is 51.4 Å². The minimum absolute atomic E-state index is 0.488. The molecule has 0 saturated heterocycles. The molecule has 16 heavy (non-hydrogen) atoms. The van der Waals surface area contributed by atoms with Gasteiger partial charge in [-0.3, -0.25) is 9.56 Å². The van der Waals surface area contributed by atoms with Crippen LogP contribution in [0.4, 0.5) is 10.2 Å². The summed E-state index contributed by atoms with van der Waals surface area (Å²) >= 11 is 0. The van der Waals surface area contributed by atoms with E-state index in [4.69, 9.17) is 4.74 Å². The number of aliphatic imine (C=N–C) groups is 1. The molecule has 0 aromatic carbocycles. The van der Waals surface area contributed by atoms with Gasteiger partial charge in [-0.25, -0.2) is 9.37 Å². The third kappa shape index (κ3) is 1.22. The number of alkyl halides is 1. The number of hydrogen-bond donors (Lipinski definition) is 1. The lowest BCUT2D eigenvalue weighted by Crippen LogP contribution is -2.21. The van der Waals surface area contributed by atoms with Crippen LogP contribution in [0.5, 0.6) is 0 Å². The Balaban J connectivity index is 2.01. The molecular weight excluding hydrogens is 211 g/mol. The van der Waals surface area contributed by atoms with Crippen LogP contribution in [0.25, 0.3) is 0 Å². The Morgan fingerprint density at radius 3 is 3.25 bits per heavy atom. The molecule has 0 spiro atoms. The van der Waals surface area contributed by atoms with E-state index in [1.54, 1.807) is 10.9 Å². The molecule has 3 heterocycles. The first-order valence-corrected chi connectivity index (χ1v) is 5.05. The fourth-order valence-corrected chi connectivity index (χ4v) is 1.89. The lowest BCUT2D eigenvalue weighted by Gasteiger charge is -2.20. The van der Waals surface area contributed by atoms with Crippen molar-refractivity contribution in [1.82, 2.24) is 9.55 Å². The van der Waals surface area contributed by atoms with Crippen molar-refractivity contribution in [2.45, 2.75) is 19.3 Å². The van der Waals surface area contributed by atoms with Gasteiger partial charge in [0, 0.05) is 0 Å². The standard InChI is InChI=1S/C10H11FN4O/c1-6-8-9(13-4-12-6)15(5-14-8)10-7(11)2-3-16-10/h2-3,5,7,10,13H,4H2,1H3/t7-,10?/m0/s1. The molecular formula is C10H11FN4O. The van der Waals surface area contributed by atoms with Gasteiger partial charge >= 0.3 is 0 Å². The van der Waals surface area contributed by atoms with Crippen LogP contribution in [0.15, 0.2) is 23.7 Å². The molecule has 1 unspecified atom stereocenters. The number of imidazole rings is 1. The van der Waals surface area contributed by atoms with Crippen LogP contribution >= 0.6 is 0 Å². The lowest BCUT2D eigenvalue weighted by atomic mass is 10.2. The average Bonchev–Trinajstić information content (AvgIpc) is 2.84. The maximum atomic E-state index is 13.5. The molecule has 0 amide bonds. The zero-order valence-electron chi connectivity index (χ0n) is 8.72. The first-order valence-electron chi connectivity index (χ1n) is 5.05. The van der Waals surface area contributed by atoms with Crippen LogP contribution in [0, 0.1) is 0 Å².